The summed E-state index contributed by atoms with van der Waals surface area (Å²) in [7, 11) is 0. The fourth-order valence-electron chi connectivity index (χ4n) is 2.77. The second kappa shape index (κ2) is 3.57. The molecule has 4 heteroatoms. The van der Waals surface area contributed by atoms with Crippen LogP contribution in [0.15, 0.2) is 18.6 Å². The molecule has 0 bridgehead atoms. The molecule has 2 aromatic heterocycles. The van der Waals surface area contributed by atoms with Gasteiger partial charge in [0.15, 0.2) is 0 Å². The molecule has 3 rings (SSSR count). The highest BCUT2D eigenvalue weighted by molar-refractivity contribution is 5.45. The van der Waals surface area contributed by atoms with Crippen LogP contribution in [0, 0.1) is 16.7 Å². The number of rotatable bonds is 2. The zero-order valence-electron chi connectivity index (χ0n) is 11.8. The topological polar surface area (TPSA) is 54.0 Å². The summed E-state index contributed by atoms with van der Waals surface area (Å²) in [5, 5.41) is 9.51. The third-order valence-corrected chi connectivity index (χ3v) is 4.34. The van der Waals surface area contributed by atoms with Crippen LogP contribution in [0.1, 0.15) is 51.3 Å². The normalized spacial score (nSPS) is 24.6. The molecule has 0 aromatic carbocycles. The van der Waals surface area contributed by atoms with Gasteiger partial charge in [-0.25, -0.2) is 9.97 Å². The SMILES string of the molecule is CC(C)c1cn2cc(C3(C#N)CC3(C)C)cnc2n1. The van der Waals surface area contributed by atoms with E-state index in [1.165, 1.54) is 0 Å². The Balaban J connectivity index is 2.11. The van der Waals surface area contributed by atoms with Crippen molar-refractivity contribution in [3.63, 3.8) is 0 Å². The van der Waals surface area contributed by atoms with Crippen LogP contribution in [-0.4, -0.2) is 14.4 Å². The Labute approximate surface area is 113 Å². The number of nitrogens with zero attached hydrogens (tertiary/aromatic N) is 4. The Kier molecular flexibility index (Phi) is 2.28. The molecule has 0 amide bonds. The molecule has 1 saturated carbocycles. The Bertz CT molecular complexity index is 690. The summed E-state index contributed by atoms with van der Waals surface area (Å²) in [6.45, 7) is 8.49. The molecule has 0 N–H and O–H groups in total. The van der Waals surface area contributed by atoms with E-state index < -0.39 is 0 Å². The van der Waals surface area contributed by atoms with Gasteiger partial charge in [0, 0.05) is 24.2 Å². The largest absolute Gasteiger partial charge is 0.291 e. The van der Waals surface area contributed by atoms with E-state index in [2.05, 4.69) is 43.7 Å². The van der Waals surface area contributed by atoms with Crippen LogP contribution in [-0.2, 0) is 5.41 Å². The smallest absolute Gasteiger partial charge is 0.233 e. The number of aromatic nitrogens is 3. The Morgan fingerprint density at radius 3 is 2.58 bits per heavy atom. The van der Waals surface area contributed by atoms with Gasteiger partial charge in [-0.2, -0.15) is 5.26 Å². The van der Waals surface area contributed by atoms with Gasteiger partial charge in [-0.05, 0) is 17.8 Å². The van der Waals surface area contributed by atoms with Gasteiger partial charge in [0.25, 0.3) is 0 Å². The number of nitriles is 1. The number of imidazole rings is 1. The molecule has 0 aliphatic heterocycles. The second-order valence-electron chi connectivity index (χ2n) is 6.45. The van der Waals surface area contributed by atoms with Gasteiger partial charge < -0.3 is 0 Å². The lowest BCUT2D eigenvalue weighted by Crippen LogP contribution is -2.13. The maximum atomic E-state index is 9.51. The zero-order valence-corrected chi connectivity index (χ0v) is 11.8. The van der Waals surface area contributed by atoms with Gasteiger partial charge in [0.2, 0.25) is 5.78 Å². The van der Waals surface area contributed by atoms with E-state index in [1.54, 1.807) is 0 Å². The minimum Gasteiger partial charge on any atom is -0.291 e. The van der Waals surface area contributed by atoms with Crippen molar-refractivity contribution >= 4 is 5.78 Å². The summed E-state index contributed by atoms with van der Waals surface area (Å²) >= 11 is 0. The van der Waals surface area contributed by atoms with E-state index in [0.717, 1.165) is 17.7 Å². The first-order valence-electron chi connectivity index (χ1n) is 6.66. The first-order valence-corrected chi connectivity index (χ1v) is 6.66. The molecule has 0 saturated heterocycles. The molecule has 19 heavy (non-hydrogen) atoms. The maximum Gasteiger partial charge on any atom is 0.233 e. The minimum absolute atomic E-state index is 0.0402. The molecule has 1 aliphatic rings. The van der Waals surface area contributed by atoms with Gasteiger partial charge in [-0.3, -0.25) is 4.40 Å². The van der Waals surface area contributed by atoms with Gasteiger partial charge in [-0.15, -0.1) is 0 Å². The van der Waals surface area contributed by atoms with Crippen molar-refractivity contribution in [2.75, 3.05) is 0 Å². The highest BCUT2D eigenvalue weighted by Gasteiger charge is 2.63. The van der Waals surface area contributed by atoms with Gasteiger partial charge in [-0.1, -0.05) is 27.7 Å². The summed E-state index contributed by atoms with van der Waals surface area (Å²) in [4.78, 5) is 8.89. The number of hydrogen-bond donors (Lipinski definition) is 0. The van der Waals surface area contributed by atoms with Crippen LogP contribution in [0.25, 0.3) is 5.78 Å². The van der Waals surface area contributed by atoms with E-state index in [-0.39, 0.29) is 10.8 Å². The lowest BCUT2D eigenvalue weighted by Gasteiger charge is -2.11. The zero-order chi connectivity index (χ0) is 13.8. The summed E-state index contributed by atoms with van der Waals surface area (Å²) in [5.74, 6) is 1.09. The molecule has 1 unspecified atom stereocenters. The van der Waals surface area contributed by atoms with Crippen LogP contribution in [0.2, 0.25) is 0 Å². The molecule has 0 radical (unpaired) electrons. The fraction of sp³-hybridized carbons (Fsp3) is 0.533. The van der Waals surface area contributed by atoms with Gasteiger partial charge >= 0.3 is 0 Å². The molecule has 98 valence electrons. The Morgan fingerprint density at radius 1 is 1.37 bits per heavy atom. The summed E-state index contributed by atoms with van der Waals surface area (Å²) in [6.07, 6.45) is 6.73. The monoisotopic (exact) mass is 254 g/mol. The van der Waals surface area contributed by atoms with Crippen molar-refractivity contribution < 1.29 is 0 Å². The molecular weight excluding hydrogens is 236 g/mol. The Morgan fingerprint density at radius 2 is 2.05 bits per heavy atom. The van der Waals surface area contributed by atoms with E-state index in [0.29, 0.717) is 11.7 Å². The van der Waals surface area contributed by atoms with Crippen LogP contribution in [0.5, 0.6) is 0 Å². The highest BCUT2D eigenvalue weighted by Crippen LogP contribution is 2.63. The van der Waals surface area contributed by atoms with E-state index in [9.17, 15) is 5.26 Å². The van der Waals surface area contributed by atoms with Crippen molar-refractivity contribution in [2.45, 2.75) is 45.4 Å². The van der Waals surface area contributed by atoms with Gasteiger partial charge in [0.05, 0.1) is 17.2 Å². The Hall–Kier alpha value is -1.89. The quantitative estimate of drug-likeness (QED) is 0.827. The van der Waals surface area contributed by atoms with E-state index in [4.69, 9.17) is 0 Å². The van der Waals surface area contributed by atoms with Crippen LogP contribution >= 0.6 is 0 Å². The van der Waals surface area contributed by atoms with Crippen molar-refractivity contribution in [1.29, 1.82) is 5.26 Å². The minimum atomic E-state index is -0.379. The summed E-state index contributed by atoms with van der Waals surface area (Å²) < 4.78 is 1.94. The molecule has 0 spiro atoms. The molecule has 4 nitrogen and oxygen atoms in total. The maximum absolute atomic E-state index is 9.51. The van der Waals surface area contributed by atoms with Crippen LogP contribution in [0.3, 0.4) is 0 Å². The second-order valence-corrected chi connectivity index (χ2v) is 6.45. The summed E-state index contributed by atoms with van der Waals surface area (Å²) in [6, 6.07) is 2.48. The molecule has 2 aromatic rings. The highest BCUT2D eigenvalue weighted by atomic mass is 15.1. The average Bonchev–Trinajstić information content (AvgIpc) is 2.73. The molecule has 1 fully saturated rings. The van der Waals surface area contributed by atoms with Gasteiger partial charge in [0.1, 0.15) is 0 Å². The third kappa shape index (κ3) is 1.58. The first kappa shape index (κ1) is 12.2. The number of fused-ring (bicyclic) bond motifs is 1. The van der Waals surface area contributed by atoms with Crippen molar-refractivity contribution in [3.05, 3.63) is 29.8 Å². The van der Waals surface area contributed by atoms with Crippen molar-refractivity contribution in [2.24, 2.45) is 5.41 Å². The van der Waals surface area contributed by atoms with Crippen molar-refractivity contribution in [3.8, 4) is 6.07 Å². The molecule has 2 heterocycles. The first-order chi connectivity index (χ1) is 8.89. The fourth-order valence-corrected chi connectivity index (χ4v) is 2.77. The standard InChI is InChI=1S/C15H18N4/c1-10(2)12-7-19-6-11(5-17-13(19)18-12)15(9-16)8-14(15,3)4/h5-7,10H,8H2,1-4H3. The van der Waals surface area contributed by atoms with E-state index in [1.807, 2.05) is 23.0 Å². The third-order valence-electron chi connectivity index (χ3n) is 4.34. The lowest BCUT2D eigenvalue weighted by atomic mass is 9.91. The lowest BCUT2D eigenvalue weighted by molar-refractivity contribution is 0.567. The van der Waals surface area contributed by atoms with Crippen LogP contribution < -0.4 is 0 Å². The predicted octanol–water partition coefficient (Wildman–Crippen LogP) is 3.04. The predicted molar refractivity (Wildman–Crippen MR) is 72.8 cm³/mol. The van der Waals surface area contributed by atoms with E-state index >= 15 is 0 Å². The van der Waals surface area contributed by atoms with Crippen LogP contribution in [0.4, 0.5) is 0 Å². The summed E-state index contributed by atoms with van der Waals surface area (Å²) in [5.41, 5.74) is 1.69. The molecule has 1 atom stereocenters. The average molecular weight is 254 g/mol. The molecular formula is C15H18N4. The molecule has 1 aliphatic carbocycles. The van der Waals surface area contributed by atoms with Crippen molar-refractivity contribution in [1.82, 2.24) is 14.4 Å². The number of hydrogen-bond acceptors (Lipinski definition) is 3.